The summed E-state index contributed by atoms with van der Waals surface area (Å²) < 4.78 is 7.65. The molecule has 0 radical (unpaired) electrons. The van der Waals surface area contributed by atoms with Crippen molar-refractivity contribution >= 4 is 51.5 Å². The summed E-state index contributed by atoms with van der Waals surface area (Å²) in [5, 5.41) is 11.3. The van der Waals surface area contributed by atoms with E-state index < -0.39 is 4.92 Å². The van der Waals surface area contributed by atoms with Gasteiger partial charge in [0, 0.05) is 3.57 Å². The van der Waals surface area contributed by atoms with Gasteiger partial charge in [0.05, 0.1) is 22.7 Å². The van der Waals surface area contributed by atoms with Gasteiger partial charge in [0.2, 0.25) is 0 Å². The van der Waals surface area contributed by atoms with Crippen molar-refractivity contribution in [2.75, 3.05) is 0 Å². The Balaban J connectivity index is 1.94. The number of fused-ring (bicyclic) bond motifs is 1. The van der Waals surface area contributed by atoms with E-state index >= 15 is 0 Å². The number of furan rings is 1. The molecule has 0 saturated carbocycles. The van der Waals surface area contributed by atoms with Crippen LogP contribution in [-0.2, 0) is 0 Å². The van der Waals surface area contributed by atoms with E-state index in [9.17, 15) is 14.9 Å². The highest BCUT2D eigenvalue weighted by molar-refractivity contribution is 14.1. The van der Waals surface area contributed by atoms with Crippen molar-refractivity contribution in [2.24, 2.45) is 0 Å². The molecule has 0 fully saturated rings. The summed E-state index contributed by atoms with van der Waals surface area (Å²) in [6.45, 7) is 1.92. The number of aromatic nitrogens is 2. The van der Waals surface area contributed by atoms with Crippen molar-refractivity contribution in [3.05, 3.63) is 95.8 Å². The third kappa shape index (κ3) is 3.70. The van der Waals surface area contributed by atoms with Gasteiger partial charge in [-0.25, -0.2) is 4.98 Å². The smallest absolute Gasteiger partial charge is 0.401 e. The van der Waals surface area contributed by atoms with Crippen molar-refractivity contribution in [2.45, 2.75) is 6.92 Å². The normalized spacial score (nSPS) is 11.4. The number of aryl methyl sites for hydroxylation is 1. The zero-order chi connectivity index (χ0) is 20.5. The largest absolute Gasteiger partial charge is 0.433 e. The van der Waals surface area contributed by atoms with Crippen LogP contribution in [0, 0.1) is 20.6 Å². The van der Waals surface area contributed by atoms with E-state index in [1.807, 2.05) is 43.3 Å². The molecule has 0 unspecified atom stereocenters. The van der Waals surface area contributed by atoms with E-state index in [0.717, 1.165) is 14.8 Å². The van der Waals surface area contributed by atoms with Gasteiger partial charge in [-0.1, -0.05) is 18.2 Å². The molecule has 0 aliphatic rings. The first-order valence-corrected chi connectivity index (χ1v) is 9.72. The first-order valence-electron chi connectivity index (χ1n) is 8.64. The van der Waals surface area contributed by atoms with Crippen LogP contribution in [0.4, 0.5) is 5.88 Å². The van der Waals surface area contributed by atoms with Crippen LogP contribution in [0.25, 0.3) is 28.7 Å². The summed E-state index contributed by atoms with van der Waals surface area (Å²) in [6.07, 6.45) is 3.18. The van der Waals surface area contributed by atoms with Crippen molar-refractivity contribution in [3.8, 4) is 5.69 Å². The van der Waals surface area contributed by atoms with Crippen LogP contribution < -0.4 is 5.56 Å². The molecule has 0 saturated heterocycles. The van der Waals surface area contributed by atoms with Gasteiger partial charge in [-0.15, -0.1) is 0 Å². The van der Waals surface area contributed by atoms with Crippen LogP contribution in [0.1, 0.15) is 17.1 Å². The van der Waals surface area contributed by atoms with Crippen LogP contribution in [-0.4, -0.2) is 14.5 Å². The molecule has 0 atom stereocenters. The molecule has 0 amide bonds. The van der Waals surface area contributed by atoms with Crippen LogP contribution in [0.2, 0.25) is 0 Å². The number of rotatable bonds is 4. The van der Waals surface area contributed by atoms with Gasteiger partial charge in [-0.2, -0.15) is 0 Å². The lowest BCUT2D eigenvalue weighted by Gasteiger charge is -2.13. The molecule has 4 aromatic rings. The molecule has 0 spiro atoms. The Hall–Kier alpha value is -3.27. The number of para-hydroxylation sites is 1. The van der Waals surface area contributed by atoms with E-state index in [1.54, 1.807) is 22.8 Å². The number of hydrogen-bond donors (Lipinski definition) is 0. The van der Waals surface area contributed by atoms with Crippen LogP contribution in [0.5, 0.6) is 0 Å². The number of halogens is 1. The average Bonchev–Trinajstić information content (AvgIpc) is 3.17. The lowest BCUT2D eigenvalue weighted by molar-refractivity contribution is -0.402. The Labute approximate surface area is 178 Å². The summed E-state index contributed by atoms with van der Waals surface area (Å²) in [5.74, 6) is 0.351. The minimum absolute atomic E-state index is 0.187. The number of nitro groups is 1. The molecule has 0 aliphatic carbocycles. The van der Waals surface area contributed by atoms with Crippen LogP contribution in [0.15, 0.2) is 63.8 Å². The monoisotopic (exact) mass is 499 g/mol. The first-order chi connectivity index (χ1) is 13.9. The molecule has 0 aliphatic heterocycles. The quantitative estimate of drug-likeness (QED) is 0.225. The molecule has 7 nitrogen and oxygen atoms in total. The van der Waals surface area contributed by atoms with Gasteiger partial charge < -0.3 is 4.42 Å². The summed E-state index contributed by atoms with van der Waals surface area (Å²) in [4.78, 5) is 28.2. The lowest BCUT2D eigenvalue weighted by atomic mass is 10.1. The second-order valence-electron chi connectivity index (χ2n) is 6.32. The zero-order valence-electron chi connectivity index (χ0n) is 15.2. The molecule has 29 heavy (non-hydrogen) atoms. The lowest BCUT2D eigenvalue weighted by Crippen LogP contribution is -2.23. The van der Waals surface area contributed by atoms with Crippen LogP contribution in [0.3, 0.4) is 0 Å². The SMILES string of the molecule is Cc1ccccc1-n1c(/C=C/c2ccc([N+](=O)[O-])o2)nc2ccc(I)cc2c1=O. The van der Waals surface area contributed by atoms with Gasteiger partial charge in [-0.05, 0) is 77.6 Å². The fourth-order valence-corrected chi connectivity index (χ4v) is 3.51. The fraction of sp³-hybridized carbons (Fsp3) is 0.0476. The molecule has 0 bridgehead atoms. The topological polar surface area (TPSA) is 91.2 Å². The molecule has 2 aromatic heterocycles. The van der Waals surface area contributed by atoms with Crippen molar-refractivity contribution < 1.29 is 9.34 Å². The first kappa shape index (κ1) is 19.1. The Morgan fingerprint density at radius 3 is 2.66 bits per heavy atom. The van der Waals surface area contributed by atoms with Gasteiger partial charge in [0.25, 0.3) is 5.56 Å². The van der Waals surface area contributed by atoms with E-state index in [1.165, 1.54) is 12.1 Å². The maximum Gasteiger partial charge on any atom is 0.433 e. The van der Waals surface area contributed by atoms with Gasteiger partial charge in [0.1, 0.15) is 16.5 Å². The zero-order valence-corrected chi connectivity index (χ0v) is 17.4. The van der Waals surface area contributed by atoms with E-state index in [0.29, 0.717) is 22.5 Å². The highest BCUT2D eigenvalue weighted by Gasteiger charge is 2.14. The summed E-state index contributed by atoms with van der Waals surface area (Å²) in [5.41, 5.74) is 2.03. The van der Waals surface area contributed by atoms with Crippen molar-refractivity contribution in [1.29, 1.82) is 0 Å². The van der Waals surface area contributed by atoms with Crippen LogP contribution >= 0.6 is 22.6 Å². The van der Waals surface area contributed by atoms with E-state index in [-0.39, 0.29) is 11.4 Å². The summed E-state index contributed by atoms with van der Waals surface area (Å²) in [7, 11) is 0. The maximum atomic E-state index is 13.3. The third-order valence-corrected chi connectivity index (χ3v) is 5.07. The Bertz CT molecular complexity index is 1340. The Kier molecular flexibility index (Phi) is 5.01. The number of nitrogens with zero attached hydrogens (tertiary/aromatic N) is 3. The minimum atomic E-state index is -0.601. The molecule has 2 aromatic carbocycles. The molecule has 4 rings (SSSR count). The predicted molar refractivity (Wildman–Crippen MR) is 119 cm³/mol. The van der Waals surface area contributed by atoms with E-state index in [2.05, 4.69) is 27.6 Å². The van der Waals surface area contributed by atoms with E-state index in [4.69, 9.17) is 4.42 Å². The second kappa shape index (κ2) is 7.63. The third-order valence-electron chi connectivity index (χ3n) is 4.40. The fourth-order valence-electron chi connectivity index (χ4n) is 3.02. The van der Waals surface area contributed by atoms with Crippen molar-refractivity contribution in [1.82, 2.24) is 9.55 Å². The van der Waals surface area contributed by atoms with Gasteiger partial charge in [0.15, 0.2) is 0 Å². The highest BCUT2D eigenvalue weighted by Crippen LogP contribution is 2.21. The highest BCUT2D eigenvalue weighted by atomic mass is 127. The van der Waals surface area contributed by atoms with Crippen molar-refractivity contribution in [3.63, 3.8) is 0 Å². The van der Waals surface area contributed by atoms with Gasteiger partial charge >= 0.3 is 5.88 Å². The minimum Gasteiger partial charge on any atom is -0.401 e. The molecule has 144 valence electrons. The molecular weight excluding hydrogens is 485 g/mol. The summed E-state index contributed by atoms with van der Waals surface area (Å²) >= 11 is 2.16. The Morgan fingerprint density at radius 1 is 1.14 bits per heavy atom. The molecular formula is C21H14IN3O4. The van der Waals surface area contributed by atoms with Gasteiger partial charge in [-0.3, -0.25) is 19.5 Å². The predicted octanol–water partition coefficient (Wildman–Crippen LogP) is 4.97. The number of benzene rings is 2. The second-order valence-corrected chi connectivity index (χ2v) is 7.57. The standard InChI is InChI=1S/C21H14IN3O4/c1-13-4-2-3-5-18(13)24-19(10-7-15-8-11-20(29-15)25(27)28)23-17-9-6-14(22)12-16(17)21(24)26/h2-12H,1H3/b10-7+. The molecule has 0 N–H and O–H groups in total. The number of hydrogen-bond acceptors (Lipinski definition) is 5. The average molecular weight is 499 g/mol. The maximum absolute atomic E-state index is 13.3. The molecule has 8 heteroatoms. The Morgan fingerprint density at radius 2 is 1.93 bits per heavy atom. The summed E-state index contributed by atoms with van der Waals surface area (Å²) in [6, 6.07) is 15.8. The molecule has 2 heterocycles.